The molecule has 0 saturated carbocycles. The van der Waals surface area contributed by atoms with E-state index in [1.54, 1.807) is 11.3 Å². The molecule has 3 aromatic rings. The van der Waals surface area contributed by atoms with Crippen molar-refractivity contribution in [2.45, 2.75) is 19.4 Å². The summed E-state index contributed by atoms with van der Waals surface area (Å²) in [4.78, 5) is 1.29. The zero-order valence-electron chi connectivity index (χ0n) is 11.5. The Kier molecular flexibility index (Phi) is 4.87. The zero-order valence-corrected chi connectivity index (χ0v) is 14.7. The second-order valence-corrected chi connectivity index (χ2v) is 7.68. The van der Waals surface area contributed by atoms with Gasteiger partial charge in [-0.25, -0.2) is 0 Å². The van der Waals surface area contributed by atoms with Gasteiger partial charge in [-0.2, -0.15) is 0 Å². The van der Waals surface area contributed by atoms with Crippen LogP contribution >= 0.6 is 45.9 Å². The van der Waals surface area contributed by atoms with E-state index in [9.17, 15) is 0 Å². The van der Waals surface area contributed by atoms with Crippen LogP contribution in [0.1, 0.15) is 29.8 Å². The summed E-state index contributed by atoms with van der Waals surface area (Å²) >= 11 is 16.2. The Morgan fingerprint density at radius 3 is 2.81 bits per heavy atom. The highest BCUT2D eigenvalue weighted by molar-refractivity contribution is 7.27. The number of hydrogen-bond donors (Lipinski definition) is 1. The lowest BCUT2D eigenvalue weighted by molar-refractivity contribution is 0.606. The topological polar surface area (TPSA) is 12.0 Å². The minimum absolute atomic E-state index is 0.0979. The monoisotopic (exact) mass is 355 g/mol. The number of benzene rings is 1. The molecular formula is C16H15Cl2NS2. The van der Waals surface area contributed by atoms with Crippen LogP contribution in [0.3, 0.4) is 0 Å². The lowest BCUT2D eigenvalue weighted by Gasteiger charge is -2.19. The fourth-order valence-electron chi connectivity index (χ4n) is 2.32. The van der Waals surface area contributed by atoms with Crippen LogP contribution in [0.5, 0.6) is 0 Å². The predicted molar refractivity (Wildman–Crippen MR) is 96.3 cm³/mol. The van der Waals surface area contributed by atoms with E-state index in [4.69, 9.17) is 23.2 Å². The third kappa shape index (κ3) is 3.13. The van der Waals surface area contributed by atoms with Gasteiger partial charge >= 0.3 is 0 Å². The summed E-state index contributed by atoms with van der Waals surface area (Å²) < 4.78 is 2.66. The molecule has 0 spiro atoms. The Balaban J connectivity index is 2.04. The van der Waals surface area contributed by atoms with Crippen LogP contribution in [0.25, 0.3) is 9.40 Å². The largest absolute Gasteiger partial charge is 0.306 e. The van der Waals surface area contributed by atoms with Crippen LogP contribution in [0.15, 0.2) is 35.7 Å². The third-order valence-electron chi connectivity index (χ3n) is 3.33. The van der Waals surface area contributed by atoms with Crippen molar-refractivity contribution >= 4 is 55.3 Å². The zero-order chi connectivity index (χ0) is 14.8. The molecule has 5 heteroatoms. The molecule has 1 unspecified atom stereocenters. The van der Waals surface area contributed by atoms with Gasteiger partial charge in [0.1, 0.15) is 0 Å². The number of thiophene rings is 2. The molecule has 0 saturated heterocycles. The highest BCUT2D eigenvalue weighted by Crippen LogP contribution is 2.39. The summed E-state index contributed by atoms with van der Waals surface area (Å²) in [5, 5.41) is 6.97. The fourth-order valence-corrected chi connectivity index (χ4v) is 4.95. The van der Waals surface area contributed by atoms with Crippen molar-refractivity contribution in [3.63, 3.8) is 0 Å². The van der Waals surface area contributed by atoms with Gasteiger partial charge < -0.3 is 5.32 Å². The van der Waals surface area contributed by atoms with E-state index < -0.39 is 0 Å². The highest BCUT2D eigenvalue weighted by atomic mass is 35.5. The molecule has 0 bridgehead atoms. The van der Waals surface area contributed by atoms with Crippen LogP contribution in [0.4, 0.5) is 0 Å². The number of halogens is 2. The highest BCUT2D eigenvalue weighted by Gasteiger charge is 2.20. The molecule has 3 rings (SSSR count). The van der Waals surface area contributed by atoms with E-state index >= 15 is 0 Å². The Hall–Kier alpha value is -0.580. The molecule has 1 nitrogen and oxygen atoms in total. The Bertz CT molecular complexity index is 719. The predicted octanol–water partition coefficient (Wildman–Crippen LogP) is 6.36. The number of hydrogen-bond acceptors (Lipinski definition) is 3. The van der Waals surface area contributed by atoms with Gasteiger partial charge in [-0.1, -0.05) is 42.3 Å². The molecular weight excluding hydrogens is 341 g/mol. The van der Waals surface area contributed by atoms with Gasteiger partial charge in [-0.3, -0.25) is 0 Å². The summed E-state index contributed by atoms with van der Waals surface area (Å²) in [7, 11) is 0. The van der Waals surface area contributed by atoms with Crippen molar-refractivity contribution in [1.29, 1.82) is 0 Å². The maximum atomic E-state index is 6.42. The first-order valence-corrected chi connectivity index (χ1v) is 9.30. The Morgan fingerprint density at radius 2 is 2.05 bits per heavy atom. The number of fused-ring (bicyclic) bond motifs is 1. The molecule has 0 aliphatic rings. The van der Waals surface area contributed by atoms with E-state index in [-0.39, 0.29) is 6.04 Å². The molecule has 1 N–H and O–H groups in total. The van der Waals surface area contributed by atoms with Gasteiger partial charge in [0.05, 0.1) is 16.1 Å². The standard InChI is InChI=1S/C16H15Cl2NS2/c1-2-7-19-16(10-4-3-5-11(17)15(10)18)14-9-13-12(21-14)6-8-20-13/h3-6,8-9,16,19H,2,7H2,1H3. The van der Waals surface area contributed by atoms with Gasteiger partial charge in [-0.15, -0.1) is 22.7 Å². The summed E-state index contributed by atoms with van der Waals surface area (Å²) in [6, 6.07) is 10.4. The maximum absolute atomic E-state index is 6.42. The first-order valence-electron chi connectivity index (χ1n) is 6.85. The van der Waals surface area contributed by atoms with Gasteiger partial charge in [0.2, 0.25) is 0 Å². The molecule has 0 amide bonds. The Morgan fingerprint density at radius 1 is 1.19 bits per heavy atom. The van der Waals surface area contributed by atoms with Crippen LogP contribution < -0.4 is 5.32 Å². The Labute approximate surface area is 142 Å². The summed E-state index contributed by atoms with van der Waals surface area (Å²) in [5.74, 6) is 0. The first kappa shape index (κ1) is 15.3. The van der Waals surface area contributed by atoms with E-state index in [1.165, 1.54) is 14.3 Å². The van der Waals surface area contributed by atoms with Crippen molar-refractivity contribution in [3.8, 4) is 0 Å². The maximum Gasteiger partial charge on any atom is 0.0686 e. The molecule has 2 aromatic heterocycles. The van der Waals surface area contributed by atoms with Crippen LogP contribution in [0.2, 0.25) is 10.0 Å². The molecule has 0 aliphatic carbocycles. The first-order chi connectivity index (χ1) is 10.2. The SMILES string of the molecule is CCCNC(c1cc2sccc2s1)c1cccc(Cl)c1Cl. The average Bonchev–Trinajstić information content (AvgIpc) is 3.05. The van der Waals surface area contributed by atoms with E-state index in [1.807, 2.05) is 23.5 Å². The van der Waals surface area contributed by atoms with Gasteiger partial charge in [0, 0.05) is 14.3 Å². The number of nitrogens with one attached hydrogen (secondary N) is 1. The van der Waals surface area contributed by atoms with Crippen molar-refractivity contribution in [2.24, 2.45) is 0 Å². The van der Waals surface area contributed by atoms with E-state index in [0.29, 0.717) is 10.0 Å². The quantitative estimate of drug-likeness (QED) is 0.561. The average molecular weight is 356 g/mol. The van der Waals surface area contributed by atoms with Gasteiger partial charge in [-0.05, 0) is 42.1 Å². The third-order valence-corrected chi connectivity index (χ3v) is 6.33. The molecule has 0 radical (unpaired) electrons. The van der Waals surface area contributed by atoms with Crippen molar-refractivity contribution in [3.05, 3.63) is 56.2 Å². The molecule has 21 heavy (non-hydrogen) atoms. The van der Waals surface area contributed by atoms with Crippen molar-refractivity contribution < 1.29 is 0 Å². The van der Waals surface area contributed by atoms with Gasteiger partial charge in [0.15, 0.2) is 0 Å². The second kappa shape index (κ2) is 6.67. The summed E-state index contributed by atoms with van der Waals surface area (Å²) in [6.45, 7) is 3.11. The van der Waals surface area contributed by atoms with E-state index in [0.717, 1.165) is 18.5 Å². The summed E-state index contributed by atoms with van der Waals surface area (Å²) in [5.41, 5.74) is 1.05. The smallest absolute Gasteiger partial charge is 0.0686 e. The van der Waals surface area contributed by atoms with Crippen molar-refractivity contribution in [1.82, 2.24) is 5.32 Å². The van der Waals surface area contributed by atoms with Crippen LogP contribution in [0, 0.1) is 0 Å². The summed E-state index contributed by atoms with van der Waals surface area (Å²) in [6.07, 6.45) is 1.08. The molecule has 2 heterocycles. The van der Waals surface area contributed by atoms with Crippen molar-refractivity contribution in [2.75, 3.05) is 6.54 Å². The van der Waals surface area contributed by atoms with Crippen LogP contribution in [-0.2, 0) is 0 Å². The molecule has 1 atom stereocenters. The van der Waals surface area contributed by atoms with E-state index in [2.05, 4.69) is 35.8 Å². The number of rotatable bonds is 5. The minimum atomic E-state index is 0.0979. The molecule has 0 aliphatic heterocycles. The molecule has 0 fully saturated rings. The normalized spacial score (nSPS) is 12.9. The molecule has 110 valence electrons. The lowest BCUT2D eigenvalue weighted by Crippen LogP contribution is -2.22. The molecule has 1 aromatic carbocycles. The van der Waals surface area contributed by atoms with Crippen LogP contribution in [-0.4, -0.2) is 6.54 Å². The fraction of sp³-hybridized carbons (Fsp3) is 0.250. The second-order valence-electron chi connectivity index (χ2n) is 4.83. The minimum Gasteiger partial charge on any atom is -0.306 e. The van der Waals surface area contributed by atoms with Gasteiger partial charge in [0.25, 0.3) is 0 Å². The lowest BCUT2D eigenvalue weighted by atomic mass is 10.1.